The maximum absolute atomic E-state index is 14.3. The number of alkyl halides is 3. The van der Waals surface area contributed by atoms with Gasteiger partial charge < -0.3 is 4.74 Å². The van der Waals surface area contributed by atoms with Gasteiger partial charge in [0.2, 0.25) is 0 Å². The molecule has 2 aromatic heterocycles. The van der Waals surface area contributed by atoms with Gasteiger partial charge in [0.1, 0.15) is 23.1 Å². The second-order valence-corrected chi connectivity index (χ2v) is 5.01. The van der Waals surface area contributed by atoms with Crippen LogP contribution in [-0.2, 0) is 6.18 Å². The van der Waals surface area contributed by atoms with Crippen molar-refractivity contribution >= 4 is 0 Å². The quantitative estimate of drug-likeness (QED) is 0.660. The first-order valence-corrected chi connectivity index (χ1v) is 6.90. The lowest BCUT2D eigenvalue weighted by Gasteiger charge is -2.12. The van der Waals surface area contributed by atoms with Gasteiger partial charge in [-0.25, -0.2) is 18.7 Å². The molecular weight excluding hydrogens is 345 g/mol. The monoisotopic (exact) mass is 355 g/mol. The molecule has 0 aliphatic rings. The van der Waals surface area contributed by atoms with Crippen molar-refractivity contribution in [3.63, 3.8) is 0 Å². The van der Waals surface area contributed by atoms with E-state index < -0.39 is 23.5 Å². The van der Waals surface area contributed by atoms with Crippen molar-refractivity contribution in [1.82, 2.24) is 14.5 Å². The number of benzene rings is 1. The molecule has 0 bridgehead atoms. The van der Waals surface area contributed by atoms with Crippen LogP contribution in [-0.4, -0.2) is 21.6 Å². The molecule has 0 amide bonds. The Balaban J connectivity index is 2.08. The van der Waals surface area contributed by atoms with Crippen molar-refractivity contribution in [3.05, 3.63) is 60.3 Å². The fourth-order valence-corrected chi connectivity index (χ4v) is 2.29. The predicted octanol–water partition coefficient (Wildman–Crippen LogP) is 4.24. The largest absolute Gasteiger partial charge is 0.497 e. The summed E-state index contributed by atoms with van der Waals surface area (Å²) in [6, 6.07) is 3.92. The van der Waals surface area contributed by atoms with Gasteiger partial charge in [0, 0.05) is 12.1 Å². The Labute approximate surface area is 138 Å². The van der Waals surface area contributed by atoms with E-state index >= 15 is 0 Å². The Kier molecular flexibility index (Phi) is 4.15. The Hall–Kier alpha value is -2.97. The van der Waals surface area contributed by atoms with E-state index in [-0.39, 0.29) is 22.7 Å². The average molecular weight is 355 g/mol. The minimum Gasteiger partial charge on any atom is -0.497 e. The molecule has 2 heterocycles. The topological polar surface area (TPSA) is 39.9 Å². The highest BCUT2D eigenvalue weighted by Gasteiger charge is 2.32. The number of methoxy groups -OCH3 is 1. The highest BCUT2D eigenvalue weighted by molar-refractivity contribution is 5.64. The van der Waals surface area contributed by atoms with Crippen molar-refractivity contribution in [2.24, 2.45) is 0 Å². The van der Waals surface area contributed by atoms with Gasteiger partial charge in [-0.3, -0.25) is 4.57 Å². The van der Waals surface area contributed by atoms with Gasteiger partial charge in [0.15, 0.2) is 0 Å². The predicted molar refractivity (Wildman–Crippen MR) is 78.3 cm³/mol. The summed E-state index contributed by atoms with van der Waals surface area (Å²) in [5.74, 6) is -1.78. The number of hydrogen-bond donors (Lipinski definition) is 0. The molecule has 1 aromatic carbocycles. The number of rotatable bonds is 3. The lowest BCUT2D eigenvalue weighted by Crippen LogP contribution is -2.08. The number of halogens is 5. The number of pyridine rings is 1. The van der Waals surface area contributed by atoms with Crippen molar-refractivity contribution < 1.29 is 26.7 Å². The lowest BCUT2D eigenvalue weighted by atomic mass is 10.1. The summed E-state index contributed by atoms with van der Waals surface area (Å²) < 4.78 is 72.3. The zero-order chi connectivity index (χ0) is 18.2. The van der Waals surface area contributed by atoms with Crippen molar-refractivity contribution in [3.8, 4) is 22.7 Å². The zero-order valence-electron chi connectivity index (χ0n) is 12.7. The van der Waals surface area contributed by atoms with Crippen LogP contribution in [0.5, 0.6) is 5.75 Å². The fourth-order valence-electron chi connectivity index (χ4n) is 2.29. The number of imidazole rings is 1. The summed E-state index contributed by atoms with van der Waals surface area (Å²) in [6.07, 6.45) is -1.20. The van der Waals surface area contributed by atoms with Gasteiger partial charge >= 0.3 is 6.18 Å². The molecule has 0 aliphatic heterocycles. The number of aromatic nitrogens is 3. The minimum atomic E-state index is -4.58. The third-order valence-corrected chi connectivity index (χ3v) is 3.46. The van der Waals surface area contributed by atoms with Crippen LogP contribution in [0, 0.1) is 11.6 Å². The molecule has 4 nitrogen and oxygen atoms in total. The van der Waals surface area contributed by atoms with Crippen LogP contribution in [0.4, 0.5) is 22.0 Å². The molecule has 25 heavy (non-hydrogen) atoms. The maximum atomic E-state index is 14.3. The highest BCUT2D eigenvalue weighted by atomic mass is 19.4. The minimum absolute atomic E-state index is 0.000937. The number of nitrogens with zero attached hydrogens (tertiary/aromatic N) is 3. The Morgan fingerprint density at radius 3 is 2.24 bits per heavy atom. The molecule has 3 rings (SSSR count). The van der Waals surface area contributed by atoms with Crippen LogP contribution in [0.1, 0.15) is 5.69 Å². The van der Waals surface area contributed by atoms with E-state index in [4.69, 9.17) is 4.74 Å². The van der Waals surface area contributed by atoms with Crippen LogP contribution in [0.2, 0.25) is 0 Å². The Morgan fingerprint density at radius 1 is 1.04 bits per heavy atom. The number of hydrogen-bond acceptors (Lipinski definition) is 3. The molecule has 0 unspecified atom stereocenters. The molecule has 0 saturated heterocycles. The molecule has 0 fully saturated rings. The highest BCUT2D eigenvalue weighted by Crippen LogP contribution is 2.32. The van der Waals surface area contributed by atoms with Gasteiger partial charge in [-0.05, 0) is 12.1 Å². The molecule has 130 valence electrons. The van der Waals surface area contributed by atoms with Gasteiger partial charge in [0.05, 0.1) is 42.8 Å². The average Bonchev–Trinajstić information content (AvgIpc) is 3.02. The smallest absolute Gasteiger partial charge is 0.433 e. The normalized spacial score (nSPS) is 11.6. The van der Waals surface area contributed by atoms with Crippen molar-refractivity contribution in [1.29, 1.82) is 0 Å². The van der Waals surface area contributed by atoms with E-state index in [1.807, 2.05) is 0 Å². The molecule has 3 aromatic rings. The Morgan fingerprint density at radius 2 is 1.72 bits per heavy atom. The van der Waals surface area contributed by atoms with Gasteiger partial charge in [0.25, 0.3) is 0 Å². The van der Waals surface area contributed by atoms with E-state index in [0.717, 1.165) is 30.5 Å². The fraction of sp³-hybridized carbons (Fsp3) is 0.125. The van der Waals surface area contributed by atoms with Crippen molar-refractivity contribution in [2.45, 2.75) is 6.18 Å². The van der Waals surface area contributed by atoms with Crippen LogP contribution in [0.15, 0.2) is 43.0 Å². The molecule has 0 radical (unpaired) electrons. The zero-order valence-corrected chi connectivity index (χ0v) is 12.7. The first kappa shape index (κ1) is 16.9. The summed E-state index contributed by atoms with van der Waals surface area (Å²) in [6.45, 7) is 0. The second kappa shape index (κ2) is 6.15. The molecule has 9 heteroatoms. The summed E-state index contributed by atoms with van der Waals surface area (Å²) in [7, 11) is 1.27. The van der Waals surface area contributed by atoms with E-state index in [1.54, 1.807) is 0 Å². The second-order valence-electron chi connectivity index (χ2n) is 5.01. The summed E-state index contributed by atoms with van der Waals surface area (Å²) in [5, 5.41) is 0. The molecule has 0 saturated carbocycles. The third kappa shape index (κ3) is 3.17. The van der Waals surface area contributed by atoms with Gasteiger partial charge in [-0.1, -0.05) is 0 Å². The van der Waals surface area contributed by atoms with E-state index in [1.165, 1.54) is 24.2 Å². The van der Waals surface area contributed by atoms with Crippen LogP contribution in [0.3, 0.4) is 0 Å². The summed E-state index contributed by atoms with van der Waals surface area (Å²) >= 11 is 0. The molecule has 0 spiro atoms. The molecular formula is C16H10F5N3O. The first-order chi connectivity index (χ1) is 11.8. The molecule has 0 atom stereocenters. The van der Waals surface area contributed by atoms with Crippen LogP contribution < -0.4 is 4.74 Å². The van der Waals surface area contributed by atoms with E-state index in [0.29, 0.717) is 0 Å². The van der Waals surface area contributed by atoms with Crippen molar-refractivity contribution in [2.75, 3.05) is 7.11 Å². The first-order valence-electron chi connectivity index (χ1n) is 6.90. The maximum Gasteiger partial charge on any atom is 0.433 e. The summed E-state index contributed by atoms with van der Waals surface area (Å²) in [4.78, 5) is 7.15. The van der Waals surface area contributed by atoms with E-state index in [2.05, 4.69) is 9.97 Å². The molecule has 0 aliphatic carbocycles. The van der Waals surface area contributed by atoms with Gasteiger partial charge in [-0.15, -0.1) is 0 Å². The molecule has 0 N–H and O–H groups in total. The van der Waals surface area contributed by atoms with Gasteiger partial charge in [-0.2, -0.15) is 13.2 Å². The van der Waals surface area contributed by atoms with E-state index in [9.17, 15) is 22.0 Å². The Bertz CT molecular complexity index is 880. The van der Waals surface area contributed by atoms with Crippen LogP contribution >= 0.6 is 0 Å². The third-order valence-electron chi connectivity index (χ3n) is 3.46. The SMILES string of the molecule is COc1cc(F)c(-c2cncn2-c2ccc(C(F)(F)F)nc2)c(F)c1. The van der Waals surface area contributed by atoms with Crippen LogP contribution in [0.25, 0.3) is 16.9 Å². The summed E-state index contributed by atoms with van der Waals surface area (Å²) in [5.41, 5.74) is -1.24. The standard InChI is InChI=1S/C16H10F5N3O/c1-25-10-4-11(17)15(12(18)5-10)13-7-22-8-24(13)9-2-3-14(23-6-9)16(19,20)21/h2-8H,1H3. The lowest BCUT2D eigenvalue weighted by molar-refractivity contribution is -0.141. The number of ether oxygens (including phenoxy) is 1.